The summed E-state index contributed by atoms with van der Waals surface area (Å²) in [5.74, 6) is 2.26. The number of amides is 1. The van der Waals surface area contributed by atoms with Crippen LogP contribution in [0, 0.1) is 5.92 Å². The Bertz CT molecular complexity index is 706. The number of benzene rings is 1. The molecular weight excluding hydrogens is 356 g/mol. The normalized spacial score (nSPS) is 19.4. The molecule has 2 N–H and O–H groups in total. The molecule has 1 aliphatic rings. The highest BCUT2D eigenvalue weighted by atomic mass is 35.5. The molecule has 7 heteroatoms. The van der Waals surface area contributed by atoms with E-state index in [2.05, 4.69) is 34.8 Å². The fraction of sp³-hybridized carbons (Fsp3) is 0.444. The van der Waals surface area contributed by atoms with Crippen molar-refractivity contribution in [1.29, 1.82) is 0 Å². The SMILES string of the molecule is CCSCc1cccc(NC(=O)[C@H]2CNC[C@@H]2c2cnn(C)c2)c1.Cl. The third-order valence-electron chi connectivity index (χ3n) is 4.37. The van der Waals surface area contributed by atoms with Gasteiger partial charge in [0.1, 0.15) is 0 Å². The van der Waals surface area contributed by atoms with Crippen LogP contribution in [-0.4, -0.2) is 34.5 Å². The molecule has 0 bridgehead atoms. The van der Waals surface area contributed by atoms with Crippen molar-refractivity contribution < 1.29 is 4.79 Å². The predicted octanol–water partition coefficient (Wildman–Crippen LogP) is 3.04. The van der Waals surface area contributed by atoms with Crippen molar-refractivity contribution >= 4 is 35.8 Å². The Kier molecular flexibility index (Phi) is 7.35. The van der Waals surface area contributed by atoms with Gasteiger partial charge in [-0.2, -0.15) is 16.9 Å². The molecule has 1 amide bonds. The number of thioether (sulfide) groups is 1. The van der Waals surface area contributed by atoms with Crippen LogP contribution in [0.25, 0.3) is 0 Å². The summed E-state index contributed by atoms with van der Waals surface area (Å²) in [6.45, 7) is 3.68. The van der Waals surface area contributed by atoms with Crippen molar-refractivity contribution in [2.45, 2.75) is 18.6 Å². The lowest BCUT2D eigenvalue weighted by Crippen LogP contribution is -2.28. The number of halogens is 1. The monoisotopic (exact) mass is 380 g/mol. The van der Waals surface area contributed by atoms with Gasteiger partial charge in [0.05, 0.1) is 12.1 Å². The number of hydrogen-bond donors (Lipinski definition) is 2. The van der Waals surface area contributed by atoms with Crippen molar-refractivity contribution in [1.82, 2.24) is 15.1 Å². The second kappa shape index (κ2) is 9.27. The number of carbonyl (C=O) groups excluding carboxylic acids is 1. The Balaban J connectivity index is 0.00000225. The van der Waals surface area contributed by atoms with E-state index >= 15 is 0 Å². The Hall–Kier alpha value is -1.50. The molecule has 5 nitrogen and oxygen atoms in total. The van der Waals surface area contributed by atoms with Crippen LogP contribution in [0.4, 0.5) is 5.69 Å². The minimum absolute atomic E-state index is 0. The first-order chi connectivity index (χ1) is 11.7. The molecule has 136 valence electrons. The van der Waals surface area contributed by atoms with E-state index in [0.717, 1.165) is 29.3 Å². The Labute approximate surface area is 159 Å². The van der Waals surface area contributed by atoms with E-state index in [1.807, 2.05) is 43.3 Å². The summed E-state index contributed by atoms with van der Waals surface area (Å²) < 4.78 is 1.79. The van der Waals surface area contributed by atoms with E-state index in [0.29, 0.717) is 6.54 Å². The number of aromatic nitrogens is 2. The quantitative estimate of drug-likeness (QED) is 0.808. The molecule has 1 aliphatic heterocycles. The van der Waals surface area contributed by atoms with Gasteiger partial charge in [0.2, 0.25) is 5.91 Å². The molecule has 1 aromatic heterocycles. The van der Waals surface area contributed by atoms with Gasteiger partial charge in [0.25, 0.3) is 0 Å². The molecule has 25 heavy (non-hydrogen) atoms. The molecule has 3 rings (SSSR count). The third-order valence-corrected chi connectivity index (χ3v) is 5.32. The molecule has 1 aromatic carbocycles. The first-order valence-electron chi connectivity index (χ1n) is 8.34. The maximum Gasteiger partial charge on any atom is 0.229 e. The van der Waals surface area contributed by atoms with E-state index in [4.69, 9.17) is 0 Å². The molecular formula is C18H25ClN4OS. The number of aryl methyl sites for hydroxylation is 1. The van der Waals surface area contributed by atoms with Crippen LogP contribution in [0.5, 0.6) is 0 Å². The minimum Gasteiger partial charge on any atom is -0.326 e. The van der Waals surface area contributed by atoms with Gasteiger partial charge in [-0.1, -0.05) is 19.1 Å². The summed E-state index contributed by atoms with van der Waals surface area (Å²) in [5, 5.41) is 10.7. The first-order valence-corrected chi connectivity index (χ1v) is 9.49. The van der Waals surface area contributed by atoms with E-state index in [-0.39, 0.29) is 30.2 Å². The molecule has 0 spiro atoms. The highest BCUT2D eigenvalue weighted by molar-refractivity contribution is 7.98. The van der Waals surface area contributed by atoms with Crippen molar-refractivity contribution in [3.63, 3.8) is 0 Å². The number of rotatable bonds is 6. The van der Waals surface area contributed by atoms with Gasteiger partial charge in [-0.25, -0.2) is 0 Å². The molecule has 2 heterocycles. The van der Waals surface area contributed by atoms with Crippen molar-refractivity contribution in [3.8, 4) is 0 Å². The van der Waals surface area contributed by atoms with Gasteiger partial charge in [0, 0.05) is 43.7 Å². The molecule has 0 unspecified atom stereocenters. The van der Waals surface area contributed by atoms with E-state index in [9.17, 15) is 4.79 Å². The first kappa shape index (κ1) is 19.8. The molecule has 0 saturated carbocycles. The zero-order chi connectivity index (χ0) is 16.9. The molecule has 0 radical (unpaired) electrons. The zero-order valence-electron chi connectivity index (χ0n) is 14.6. The van der Waals surface area contributed by atoms with Gasteiger partial charge >= 0.3 is 0 Å². The maximum atomic E-state index is 12.7. The van der Waals surface area contributed by atoms with Gasteiger partial charge in [-0.3, -0.25) is 9.48 Å². The Morgan fingerprint density at radius 1 is 1.44 bits per heavy atom. The van der Waals surface area contributed by atoms with Crippen LogP contribution in [0.1, 0.15) is 24.0 Å². The number of carbonyl (C=O) groups is 1. The lowest BCUT2D eigenvalue weighted by atomic mass is 9.90. The molecule has 0 aliphatic carbocycles. The van der Waals surface area contributed by atoms with Crippen molar-refractivity contribution in [3.05, 3.63) is 47.8 Å². The lowest BCUT2D eigenvalue weighted by Gasteiger charge is -2.17. The van der Waals surface area contributed by atoms with Crippen molar-refractivity contribution in [2.24, 2.45) is 13.0 Å². The van der Waals surface area contributed by atoms with Crippen LogP contribution >= 0.6 is 24.2 Å². The van der Waals surface area contributed by atoms with Gasteiger partial charge < -0.3 is 10.6 Å². The predicted molar refractivity (Wildman–Crippen MR) is 106 cm³/mol. The number of anilines is 1. The maximum absolute atomic E-state index is 12.7. The average Bonchev–Trinajstić information content (AvgIpc) is 3.21. The number of nitrogens with one attached hydrogen (secondary N) is 2. The molecule has 1 saturated heterocycles. The Morgan fingerprint density at radius 3 is 3.00 bits per heavy atom. The summed E-state index contributed by atoms with van der Waals surface area (Å²) in [4.78, 5) is 12.7. The largest absolute Gasteiger partial charge is 0.326 e. The fourth-order valence-electron chi connectivity index (χ4n) is 3.13. The van der Waals surface area contributed by atoms with Crippen LogP contribution in [0.2, 0.25) is 0 Å². The summed E-state index contributed by atoms with van der Waals surface area (Å²) in [6.07, 6.45) is 3.86. The lowest BCUT2D eigenvalue weighted by molar-refractivity contribution is -0.119. The molecule has 2 atom stereocenters. The van der Waals surface area contributed by atoms with Crippen LogP contribution in [0.3, 0.4) is 0 Å². The van der Waals surface area contributed by atoms with Crippen LogP contribution in [0.15, 0.2) is 36.7 Å². The van der Waals surface area contributed by atoms with Gasteiger partial charge in [-0.15, -0.1) is 12.4 Å². The third kappa shape index (κ3) is 5.00. The average molecular weight is 381 g/mol. The van der Waals surface area contributed by atoms with E-state index in [1.54, 1.807) is 4.68 Å². The smallest absolute Gasteiger partial charge is 0.229 e. The minimum atomic E-state index is -0.0668. The van der Waals surface area contributed by atoms with E-state index in [1.165, 1.54) is 5.56 Å². The second-order valence-corrected chi connectivity index (χ2v) is 7.42. The molecule has 2 aromatic rings. The van der Waals surface area contributed by atoms with Crippen LogP contribution < -0.4 is 10.6 Å². The summed E-state index contributed by atoms with van der Waals surface area (Å²) in [6, 6.07) is 8.14. The topological polar surface area (TPSA) is 59.0 Å². The van der Waals surface area contributed by atoms with E-state index < -0.39 is 0 Å². The highest BCUT2D eigenvalue weighted by Gasteiger charge is 2.34. The summed E-state index contributed by atoms with van der Waals surface area (Å²) >= 11 is 1.88. The Morgan fingerprint density at radius 2 is 2.28 bits per heavy atom. The molecule has 1 fully saturated rings. The number of nitrogens with zero attached hydrogens (tertiary/aromatic N) is 2. The highest BCUT2D eigenvalue weighted by Crippen LogP contribution is 2.29. The summed E-state index contributed by atoms with van der Waals surface area (Å²) in [5.41, 5.74) is 3.25. The van der Waals surface area contributed by atoms with Crippen LogP contribution in [-0.2, 0) is 17.6 Å². The fourth-order valence-corrected chi connectivity index (χ4v) is 3.75. The number of hydrogen-bond acceptors (Lipinski definition) is 4. The van der Waals surface area contributed by atoms with Gasteiger partial charge in [0.15, 0.2) is 0 Å². The summed E-state index contributed by atoms with van der Waals surface area (Å²) in [7, 11) is 1.90. The zero-order valence-corrected chi connectivity index (χ0v) is 16.2. The standard InChI is InChI=1S/C18H24N4OS.ClH/c1-3-24-12-13-5-4-6-15(7-13)21-18(23)17-10-19-9-16(17)14-8-20-22(2)11-14;/h4-8,11,16-17,19H,3,9-10,12H2,1-2H3,(H,21,23);1H/t16-,17+;/m1./s1. The second-order valence-electron chi connectivity index (χ2n) is 6.15. The van der Waals surface area contributed by atoms with Gasteiger partial charge in [-0.05, 0) is 29.0 Å². The van der Waals surface area contributed by atoms with Crippen molar-refractivity contribution in [2.75, 3.05) is 24.2 Å².